The van der Waals surface area contributed by atoms with Crippen LogP contribution in [0.5, 0.6) is 0 Å². The number of aryl methyl sites for hydroxylation is 1. The van der Waals surface area contributed by atoms with E-state index < -0.39 is 12.0 Å². The van der Waals surface area contributed by atoms with E-state index in [1.807, 2.05) is 24.3 Å². The van der Waals surface area contributed by atoms with Gasteiger partial charge in [0.1, 0.15) is 6.04 Å². The highest BCUT2D eigenvalue weighted by Gasteiger charge is 2.45. The predicted molar refractivity (Wildman–Crippen MR) is 105 cm³/mol. The summed E-state index contributed by atoms with van der Waals surface area (Å²) in [4.78, 5) is 26.6. The number of hydrogen-bond acceptors (Lipinski definition) is 3. The Hall–Kier alpha value is -1.49. The van der Waals surface area contributed by atoms with E-state index in [1.165, 1.54) is 24.8 Å². The van der Waals surface area contributed by atoms with Crippen molar-refractivity contribution in [2.45, 2.75) is 69.7 Å². The van der Waals surface area contributed by atoms with Gasteiger partial charge in [-0.15, -0.1) is 11.8 Å². The van der Waals surface area contributed by atoms with Gasteiger partial charge in [-0.2, -0.15) is 0 Å². The molecule has 2 aliphatic rings. The van der Waals surface area contributed by atoms with Gasteiger partial charge in [-0.3, -0.25) is 4.79 Å². The lowest BCUT2D eigenvalue weighted by Gasteiger charge is -2.34. The highest BCUT2D eigenvalue weighted by atomic mass is 32.2. The Labute approximate surface area is 160 Å². The Balaban J connectivity index is 1.79. The first-order valence-electron chi connectivity index (χ1n) is 9.88. The zero-order valence-electron chi connectivity index (χ0n) is 15.5. The van der Waals surface area contributed by atoms with Crippen LogP contribution in [-0.2, 0) is 11.2 Å². The van der Waals surface area contributed by atoms with Crippen molar-refractivity contribution >= 4 is 23.6 Å². The van der Waals surface area contributed by atoms with E-state index in [0.29, 0.717) is 17.2 Å². The number of nitrogens with zero attached hydrogens (tertiary/aromatic N) is 1. The molecule has 0 bridgehead atoms. The Bertz CT molecular complexity index is 625. The average molecular weight is 376 g/mol. The maximum atomic E-state index is 13.2. The first kappa shape index (κ1) is 19.3. The molecular weight excluding hydrogens is 346 g/mol. The van der Waals surface area contributed by atoms with Crippen molar-refractivity contribution < 1.29 is 14.7 Å². The standard InChI is InChI=1S/C21H29NO3S/c1-2-3-7-15-10-12-16(13-11-15)19(23)22-18(21(24)25)14-26-20(22)17-8-5-4-6-9-17/h10-13,17-18,20H,2-9,14H2,1H3,(H,24,25). The quantitative estimate of drug-likeness (QED) is 0.791. The normalized spacial score (nSPS) is 24.0. The van der Waals surface area contributed by atoms with Gasteiger partial charge in [-0.1, -0.05) is 44.7 Å². The van der Waals surface area contributed by atoms with Crippen LogP contribution in [-0.4, -0.2) is 39.1 Å². The summed E-state index contributed by atoms with van der Waals surface area (Å²) in [7, 11) is 0. The highest BCUT2D eigenvalue weighted by Crippen LogP contribution is 2.41. The van der Waals surface area contributed by atoms with E-state index >= 15 is 0 Å². The number of amides is 1. The fourth-order valence-electron chi connectivity index (χ4n) is 4.10. The summed E-state index contributed by atoms with van der Waals surface area (Å²) < 4.78 is 0. The van der Waals surface area contributed by atoms with E-state index in [4.69, 9.17) is 0 Å². The molecule has 1 aliphatic heterocycles. The van der Waals surface area contributed by atoms with Crippen molar-refractivity contribution in [2.75, 3.05) is 5.75 Å². The number of carboxylic acid groups (broad SMARTS) is 1. The molecule has 2 unspecified atom stereocenters. The maximum Gasteiger partial charge on any atom is 0.327 e. The maximum absolute atomic E-state index is 13.2. The second-order valence-corrected chi connectivity index (χ2v) is 8.64. The van der Waals surface area contributed by atoms with Gasteiger partial charge >= 0.3 is 5.97 Å². The van der Waals surface area contributed by atoms with Gasteiger partial charge in [0.15, 0.2) is 0 Å². The Morgan fingerprint density at radius 3 is 2.46 bits per heavy atom. The van der Waals surface area contributed by atoms with Gasteiger partial charge in [0.2, 0.25) is 0 Å². The van der Waals surface area contributed by atoms with Crippen molar-refractivity contribution in [3.8, 4) is 0 Å². The van der Waals surface area contributed by atoms with Crippen LogP contribution in [0.2, 0.25) is 0 Å². The summed E-state index contributed by atoms with van der Waals surface area (Å²) in [6.45, 7) is 2.17. The lowest BCUT2D eigenvalue weighted by molar-refractivity contribution is -0.141. The molecule has 142 valence electrons. The molecule has 2 fully saturated rings. The van der Waals surface area contributed by atoms with Crippen molar-refractivity contribution in [3.05, 3.63) is 35.4 Å². The van der Waals surface area contributed by atoms with Crippen LogP contribution in [0.25, 0.3) is 0 Å². The molecule has 1 aromatic rings. The first-order chi connectivity index (χ1) is 12.6. The van der Waals surface area contributed by atoms with E-state index in [2.05, 4.69) is 6.92 Å². The van der Waals surface area contributed by atoms with Crippen LogP contribution in [0.1, 0.15) is 67.8 Å². The molecule has 1 amide bonds. The number of hydrogen-bond donors (Lipinski definition) is 1. The molecule has 4 nitrogen and oxygen atoms in total. The number of thioether (sulfide) groups is 1. The molecule has 1 aromatic carbocycles. The molecule has 5 heteroatoms. The van der Waals surface area contributed by atoms with E-state index in [0.717, 1.165) is 32.1 Å². The topological polar surface area (TPSA) is 57.6 Å². The van der Waals surface area contributed by atoms with Gasteiger partial charge in [0, 0.05) is 11.3 Å². The molecule has 0 radical (unpaired) electrons. The number of unbranched alkanes of at least 4 members (excludes halogenated alkanes) is 1. The van der Waals surface area contributed by atoms with Gasteiger partial charge < -0.3 is 10.0 Å². The Kier molecular flexibility index (Phi) is 6.63. The summed E-state index contributed by atoms with van der Waals surface area (Å²) in [6.07, 6.45) is 9.14. The third-order valence-electron chi connectivity index (χ3n) is 5.63. The molecule has 3 rings (SSSR count). The van der Waals surface area contributed by atoms with E-state index in [9.17, 15) is 14.7 Å². The molecule has 2 atom stereocenters. The lowest BCUT2D eigenvalue weighted by Crippen LogP contribution is -2.48. The van der Waals surface area contributed by atoms with Crippen LogP contribution < -0.4 is 0 Å². The zero-order chi connectivity index (χ0) is 18.5. The fraction of sp³-hybridized carbons (Fsp3) is 0.619. The summed E-state index contributed by atoms with van der Waals surface area (Å²) in [6, 6.07) is 7.05. The molecule has 0 aromatic heterocycles. The molecule has 0 spiro atoms. The van der Waals surface area contributed by atoms with E-state index in [-0.39, 0.29) is 11.3 Å². The predicted octanol–water partition coefficient (Wildman–Crippen LogP) is 4.58. The van der Waals surface area contributed by atoms with E-state index in [1.54, 1.807) is 16.7 Å². The number of benzene rings is 1. The lowest BCUT2D eigenvalue weighted by atomic mass is 9.88. The van der Waals surface area contributed by atoms with Crippen molar-refractivity contribution in [1.29, 1.82) is 0 Å². The smallest absolute Gasteiger partial charge is 0.327 e. The molecular formula is C21H29NO3S. The third kappa shape index (κ3) is 4.25. The number of carbonyl (C=O) groups is 2. The SMILES string of the molecule is CCCCc1ccc(C(=O)N2C(C(=O)O)CSC2C2CCCCC2)cc1. The van der Waals surface area contributed by atoms with Crippen LogP contribution in [0.15, 0.2) is 24.3 Å². The van der Waals surface area contributed by atoms with Crippen molar-refractivity contribution in [3.63, 3.8) is 0 Å². The summed E-state index contributed by atoms with van der Waals surface area (Å²) in [5, 5.41) is 9.63. The van der Waals surface area contributed by atoms with Crippen LogP contribution in [0.4, 0.5) is 0 Å². The zero-order valence-corrected chi connectivity index (χ0v) is 16.3. The number of carboxylic acids is 1. The van der Waals surface area contributed by atoms with Crippen molar-refractivity contribution in [1.82, 2.24) is 4.90 Å². The minimum absolute atomic E-state index is 0.00340. The monoisotopic (exact) mass is 375 g/mol. The van der Waals surface area contributed by atoms with Gasteiger partial charge in [-0.25, -0.2) is 4.79 Å². The van der Waals surface area contributed by atoms with Gasteiger partial charge in [0.05, 0.1) is 5.37 Å². The average Bonchev–Trinajstić information content (AvgIpc) is 3.12. The molecule has 1 aliphatic carbocycles. The van der Waals surface area contributed by atoms with Crippen LogP contribution in [0, 0.1) is 5.92 Å². The van der Waals surface area contributed by atoms with Crippen LogP contribution >= 0.6 is 11.8 Å². The third-order valence-corrected chi connectivity index (χ3v) is 7.09. The first-order valence-corrected chi connectivity index (χ1v) is 10.9. The molecule has 1 N–H and O–H groups in total. The summed E-state index contributed by atoms with van der Waals surface area (Å²) in [5.74, 6) is -0.0915. The summed E-state index contributed by atoms with van der Waals surface area (Å²) >= 11 is 1.65. The molecule has 1 saturated heterocycles. The van der Waals surface area contributed by atoms with Crippen molar-refractivity contribution in [2.24, 2.45) is 5.92 Å². The van der Waals surface area contributed by atoms with Gasteiger partial charge in [-0.05, 0) is 49.3 Å². The minimum Gasteiger partial charge on any atom is -0.480 e. The fourth-order valence-corrected chi connectivity index (χ4v) is 5.73. The molecule has 26 heavy (non-hydrogen) atoms. The highest BCUT2D eigenvalue weighted by molar-refractivity contribution is 8.00. The second-order valence-electron chi connectivity index (χ2n) is 7.49. The molecule has 1 heterocycles. The molecule has 1 saturated carbocycles. The summed E-state index contributed by atoms with van der Waals surface area (Å²) in [5.41, 5.74) is 1.85. The van der Waals surface area contributed by atoms with Crippen LogP contribution in [0.3, 0.4) is 0 Å². The largest absolute Gasteiger partial charge is 0.480 e. The van der Waals surface area contributed by atoms with Gasteiger partial charge in [0.25, 0.3) is 5.91 Å². The number of rotatable bonds is 6. The Morgan fingerprint density at radius 1 is 1.15 bits per heavy atom. The second kappa shape index (κ2) is 8.94. The number of carbonyl (C=O) groups excluding carboxylic acids is 1. The minimum atomic E-state index is -0.885. The Morgan fingerprint density at radius 2 is 1.85 bits per heavy atom. The number of aliphatic carboxylic acids is 1.